The summed E-state index contributed by atoms with van der Waals surface area (Å²) in [5, 5.41) is 23.9. The molecule has 12 heteroatoms. The molecule has 0 bridgehead atoms. The van der Waals surface area contributed by atoms with Crippen molar-refractivity contribution in [3.05, 3.63) is 58.1 Å². The maximum absolute atomic E-state index is 12.2. The number of rotatable bonds is 4. The standard InChI is InChI=1S/C18H20Cl2N8O2/c19-13-3-1-11(5-21-13)7-27-9-15(29)23-17(27)25-18(26-17)24-16(30)10-28(18)8-12-2-4-14(20)22-6-12/h1-6,15,23,25-26,29H,7-10H2,(H,24,30). The topological polar surface area (TPSA) is 118 Å². The molecule has 1 unspecified atom stereocenters. The normalized spacial score (nSPS) is 31.4. The zero-order valence-corrected chi connectivity index (χ0v) is 17.3. The number of hydrogen-bond donors (Lipinski definition) is 5. The summed E-state index contributed by atoms with van der Waals surface area (Å²) < 4.78 is 0. The van der Waals surface area contributed by atoms with Crippen LogP contribution in [0.5, 0.6) is 0 Å². The second kappa shape index (κ2) is 7.36. The second-order valence-electron chi connectivity index (χ2n) is 7.59. The van der Waals surface area contributed by atoms with Gasteiger partial charge in [-0.1, -0.05) is 35.3 Å². The number of amides is 1. The molecule has 2 aromatic rings. The zero-order valence-electron chi connectivity index (χ0n) is 15.8. The highest BCUT2D eigenvalue weighted by Gasteiger charge is 2.65. The van der Waals surface area contributed by atoms with Crippen LogP contribution in [0.1, 0.15) is 11.1 Å². The number of β-amino-alcohol motifs (C(OH)–C–C–N with tert-alkyl or cyclic N) is 1. The third-order valence-electron chi connectivity index (χ3n) is 5.42. The van der Waals surface area contributed by atoms with Gasteiger partial charge in [0.05, 0.1) is 6.54 Å². The van der Waals surface area contributed by atoms with E-state index >= 15 is 0 Å². The molecule has 3 fully saturated rings. The molecule has 30 heavy (non-hydrogen) atoms. The Morgan fingerprint density at radius 3 is 2.17 bits per heavy atom. The monoisotopic (exact) mass is 450 g/mol. The van der Waals surface area contributed by atoms with Crippen LogP contribution in [0.25, 0.3) is 0 Å². The van der Waals surface area contributed by atoms with E-state index < -0.39 is 18.0 Å². The fourth-order valence-electron chi connectivity index (χ4n) is 4.11. The summed E-state index contributed by atoms with van der Waals surface area (Å²) in [6.45, 7) is 1.58. The Kier molecular flexibility index (Phi) is 4.92. The fourth-order valence-corrected chi connectivity index (χ4v) is 4.33. The van der Waals surface area contributed by atoms with E-state index in [0.29, 0.717) is 29.9 Å². The molecular formula is C18H20Cl2N8O2. The predicted molar refractivity (Wildman–Crippen MR) is 108 cm³/mol. The lowest BCUT2D eigenvalue weighted by Crippen LogP contribution is -2.97. The van der Waals surface area contributed by atoms with Gasteiger partial charge in [0, 0.05) is 32.0 Å². The molecule has 5 rings (SSSR count). The van der Waals surface area contributed by atoms with E-state index in [1.165, 1.54) is 0 Å². The van der Waals surface area contributed by atoms with Crippen molar-refractivity contribution < 1.29 is 9.90 Å². The molecule has 5 N–H and O–H groups in total. The van der Waals surface area contributed by atoms with Gasteiger partial charge in [0.15, 0.2) is 5.91 Å². The van der Waals surface area contributed by atoms with Crippen molar-refractivity contribution in [1.82, 2.24) is 41.0 Å². The Hall–Kier alpha value is -1.89. The van der Waals surface area contributed by atoms with Crippen LogP contribution in [-0.2, 0) is 17.9 Å². The molecule has 10 nitrogen and oxygen atoms in total. The number of carbonyl (C=O) groups is 1. The van der Waals surface area contributed by atoms with Crippen LogP contribution in [0.15, 0.2) is 36.7 Å². The second-order valence-corrected chi connectivity index (χ2v) is 8.37. The van der Waals surface area contributed by atoms with Crippen LogP contribution in [0.3, 0.4) is 0 Å². The SMILES string of the molecule is O=C1CN(Cc2ccc(Cl)nc2)C2(N1)NC1(NC(O)CN1Cc1ccc(Cl)nc1)N2. The van der Waals surface area contributed by atoms with Crippen molar-refractivity contribution in [2.24, 2.45) is 0 Å². The van der Waals surface area contributed by atoms with E-state index in [2.05, 4.69) is 31.2 Å². The number of nitrogens with one attached hydrogen (secondary N) is 4. The number of carbonyl (C=O) groups excluding carboxylic acids is 1. The third-order valence-corrected chi connectivity index (χ3v) is 5.87. The van der Waals surface area contributed by atoms with E-state index in [4.69, 9.17) is 23.2 Å². The number of aliphatic hydroxyl groups excluding tert-OH is 1. The van der Waals surface area contributed by atoms with E-state index in [0.717, 1.165) is 11.1 Å². The van der Waals surface area contributed by atoms with Crippen molar-refractivity contribution in [3.63, 3.8) is 0 Å². The number of aromatic nitrogens is 2. The Bertz CT molecular complexity index is 952. The highest BCUT2D eigenvalue weighted by Crippen LogP contribution is 2.32. The summed E-state index contributed by atoms with van der Waals surface area (Å²) in [7, 11) is 0. The van der Waals surface area contributed by atoms with Gasteiger partial charge in [0.1, 0.15) is 16.5 Å². The minimum Gasteiger partial charge on any atom is -0.377 e. The van der Waals surface area contributed by atoms with Gasteiger partial charge in [0.25, 0.3) is 0 Å². The first kappa shape index (κ1) is 20.0. The minimum absolute atomic E-state index is 0.112. The summed E-state index contributed by atoms with van der Waals surface area (Å²) in [4.78, 5) is 24.3. The molecule has 2 spiro atoms. The van der Waals surface area contributed by atoms with Crippen LogP contribution < -0.4 is 21.3 Å². The lowest BCUT2D eigenvalue weighted by atomic mass is 10.2. The van der Waals surface area contributed by atoms with Crippen LogP contribution >= 0.6 is 23.2 Å². The first-order valence-electron chi connectivity index (χ1n) is 9.42. The lowest BCUT2D eigenvalue weighted by Gasteiger charge is -2.60. The predicted octanol–water partition coefficient (Wildman–Crippen LogP) is -0.446. The van der Waals surface area contributed by atoms with E-state index in [-0.39, 0.29) is 12.5 Å². The third kappa shape index (κ3) is 3.55. The quantitative estimate of drug-likeness (QED) is 0.394. The molecule has 3 saturated heterocycles. The summed E-state index contributed by atoms with van der Waals surface area (Å²) >= 11 is 11.7. The van der Waals surface area contributed by atoms with Crippen molar-refractivity contribution in [2.45, 2.75) is 31.1 Å². The van der Waals surface area contributed by atoms with Crippen molar-refractivity contribution in [3.8, 4) is 0 Å². The Balaban J connectivity index is 1.33. The Morgan fingerprint density at radius 2 is 1.60 bits per heavy atom. The molecule has 3 aliphatic rings. The zero-order chi connectivity index (χ0) is 20.9. The number of nitrogens with zero attached hydrogens (tertiary/aromatic N) is 4. The van der Waals surface area contributed by atoms with Gasteiger partial charge in [-0.05, 0) is 23.3 Å². The van der Waals surface area contributed by atoms with Crippen LogP contribution in [-0.4, -0.2) is 61.9 Å². The van der Waals surface area contributed by atoms with Gasteiger partial charge >= 0.3 is 0 Å². The minimum atomic E-state index is -0.940. The Morgan fingerprint density at radius 1 is 1.00 bits per heavy atom. The number of halogens is 2. The van der Waals surface area contributed by atoms with Gasteiger partial charge in [-0.25, -0.2) is 30.8 Å². The van der Waals surface area contributed by atoms with Gasteiger partial charge in [0.2, 0.25) is 11.8 Å². The molecule has 0 saturated carbocycles. The maximum atomic E-state index is 12.2. The van der Waals surface area contributed by atoms with Gasteiger partial charge in [-0.2, -0.15) is 0 Å². The Labute approximate surface area is 182 Å². The molecule has 0 radical (unpaired) electrons. The van der Waals surface area contributed by atoms with Crippen LogP contribution in [0.2, 0.25) is 10.3 Å². The maximum Gasteiger partial charge on any atom is 0.237 e. The summed E-state index contributed by atoms with van der Waals surface area (Å²) in [5.41, 5.74) is 1.86. The van der Waals surface area contributed by atoms with E-state index in [1.54, 1.807) is 24.5 Å². The number of aliphatic hydroxyl groups is 1. The summed E-state index contributed by atoms with van der Waals surface area (Å²) in [5.74, 6) is -1.93. The van der Waals surface area contributed by atoms with Gasteiger partial charge in [-0.15, -0.1) is 0 Å². The molecule has 1 atom stereocenters. The van der Waals surface area contributed by atoms with Crippen molar-refractivity contribution >= 4 is 29.1 Å². The molecule has 158 valence electrons. The largest absolute Gasteiger partial charge is 0.377 e. The highest BCUT2D eigenvalue weighted by atomic mass is 35.5. The molecule has 3 aliphatic heterocycles. The fraction of sp³-hybridized carbons (Fsp3) is 0.389. The smallest absolute Gasteiger partial charge is 0.237 e. The molecule has 0 aliphatic carbocycles. The van der Waals surface area contributed by atoms with Gasteiger partial charge in [-0.3, -0.25) is 9.69 Å². The number of pyridine rings is 2. The first-order chi connectivity index (χ1) is 14.4. The number of hydrogen-bond acceptors (Lipinski definition) is 9. The van der Waals surface area contributed by atoms with Crippen LogP contribution in [0.4, 0.5) is 0 Å². The molecule has 2 aromatic heterocycles. The average molecular weight is 451 g/mol. The van der Waals surface area contributed by atoms with E-state index in [1.807, 2.05) is 21.9 Å². The van der Waals surface area contributed by atoms with Crippen molar-refractivity contribution in [2.75, 3.05) is 13.1 Å². The summed E-state index contributed by atoms with van der Waals surface area (Å²) in [6, 6.07) is 7.21. The molecule has 5 heterocycles. The van der Waals surface area contributed by atoms with E-state index in [9.17, 15) is 9.90 Å². The first-order valence-corrected chi connectivity index (χ1v) is 10.2. The molecule has 0 aromatic carbocycles. The van der Waals surface area contributed by atoms with Crippen LogP contribution in [0, 0.1) is 0 Å². The lowest BCUT2D eigenvalue weighted by molar-refractivity contribution is -0.189. The van der Waals surface area contributed by atoms with Crippen molar-refractivity contribution in [1.29, 1.82) is 0 Å². The highest BCUT2D eigenvalue weighted by molar-refractivity contribution is 6.29. The molecule has 1 amide bonds. The van der Waals surface area contributed by atoms with Gasteiger partial charge < -0.3 is 10.4 Å². The summed E-state index contributed by atoms with van der Waals surface area (Å²) in [6.07, 6.45) is 2.64. The average Bonchev–Trinajstić information content (AvgIpc) is 3.16. The molecular weight excluding hydrogens is 431 g/mol.